The molecule has 0 saturated heterocycles. The van der Waals surface area contributed by atoms with Gasteiger partial charge in [0.25, 0.3) is 0 Å². The van der Waals surface area contributed by atoms with Gasteiger partial charge in [-0.25, -0.2) is 4.58 Å². The molecule has 5 rings (SSSR count). The summed E-state index contributed by atoms with van der Waals surface area (Å²) in [6, 6.07) is 32.3. The average molecular weight is 471 g/mol. The van der Waals surface area contributed by atoms with Crippen molar-refractivity contribution in [1.29, 1.82) is 0 Å². The smallest absolute Gasteiger partial charge is 0.199 e. The Morgan fingerprint density at radius 1 is 0.667 bits per heavy atom. The summed E-state index contributed by atoms with van der Waals surface area (Å²) in [7, 11) is 8.30. The van der Waals surface area contributed by atoms with Crippen LogP contribution >= 0.6 is 0 Å². The third-order valence-corrected chi connectivity index (χ3v) is 6.59. The maximum atomic E-state index is 3.61. The molecule has 36 heavy (non-hydrogen) atoms. The second kappa shape index (κ2) is 10.1. The standard InChI is InChI=1S/C33H31N3/c1-35(2)27-18-14-24(15-19-27)33(25-16-20-28(21-17-25)36(3)4)31-22-23-32(30-13-9-8-12-29(30)31)34-26-10-6-5-7-11-26/h5-23H,1-4H3/p+1. The van der Waals surface area contributed by atoms with Gasteiger partial charge in [0.1, 0.15) is 14.1 Å². The van der Waals surface area contributed by atoms with E-state index in [0.29, 0.717) is 0 Å². The Balaban J connectivity index is 1.70. The lowest BCUT2D eigenvalue weighted by Gasteiger charge is -2.19. The van der Waals surface area contributed by atoms with Gasteiger partial charge in [-0.1, -0.05) is 60.7 Å². The number of anilines is 3. The molecule has 0 fully saturated rings. The summed E-state index contributed by atoms with van der Waals surface area (Å²) in [6.45, 7) is 0. The fourth-order valence-corrected chi connectivity index (χ4v) is 4.63. The molecule has 4 aromatic rings. The van der Waals surface area contributed by atoms with E-state index in [-0.39, 0.29) is 0 Å². The molecule has 1 N–H and O–H groups in total. The first-order valence-electron chi connectivity index (χ1n) is 12.3. The summed E-state index contributed by atoms with van der Waals surface area (Å²) >= 11 is 0. The zero-order valence-electron chi connectivity index (χ0n) is 21.4. The molecule has 3 heteroatoms. The van der Waals surface area contributed by atoms with E-state index in [4.69, 9.17) is 0 Å². The molecule has 0 atom stereocenters. The Morgan fingerprint density at radius 2 is 1.31 bits per heavy atom. The van der Waals surface area contributed by atoms with Crippen molar-refractivity contribution in [3.8, 4) is 0 Å². The molecule has 0 amide bonds. The molecule has 0 heterocycles. The fraction of sp³-hybridized carbons (Fsp3) is 0.121. The minimum Gasteiger partial charge on any atom is -0.378 e. The van der Waals surface area contributed by atoms with Gasteiger partial charge in [0.2, 0.25) is 0 Å². The first kappa shape index (κ1) is 23.4. The number of rotatable bonds is 5. The lowest BCUT2D eigenvalue weighted by Crippen LogP contribution is -2.10. The Kier molecular flexibility index (Phi) is 6.55. The van der Waals surface area contributed by atoms with Crippen LogP contribution in [0.5, 0.6) is 0 Å². The maximum Gasteiger partial charge on any atom is 0.199 e. The Bertz CT molecular complexity index is 1500. The van der Waals surface area contributed by atoms with Crippen LogP contribution in [0.1, 0.15) is 11.1 Å². The second-order valence-electron chi connectivity index (χ2n) is 9.45. The van der Waals surface area contributed by atoms with Crippen LogP contribution in [-0.4, -0.2) is 38.5 Å². The van der Waals surface area contributed by atoms with E-state index in [2.05, 4.69) is 152 Å². The number of nitrogens with one attached hydrogen (secondary N) is 1. The number of para-hydroxylation sites is 1. The molecule has 4 aromatic carbocycles. The van der Waals surface area contributed by atoms with Gasteiger partial charge in [-0.15, -0.1) is 0 Å². The molecule has 0 unspecified atom stereocenters. The SMILES string of the molecule is CN(C)c1ccc(C(=C2C=CC(=[N+](C)C)C=C2)c2ccc(Nc3ccccc3)c3ccccc23)cc1. The summed E-state index contributed by atoms with van der Waals surface area (Å²) in [4.78, 5) is 2.13. The molecule has 0 bridgehead atoms. The molecule has 178 valence electrons. The Hall–Kier alpha value is -4.37. The van der Waals surface area contributed by atoms with Gasteiger partial charge in [0.05, 0.1) is 0 Å². The molecule has 0 radical (unpaired) electrons. The fourth-order valence-electron chi connectivity index (χ4n) is 4.63. The lowest BCUT2D eigenvalue weighted by molar-refractivity contribution is -0.462. The van der Waals surface area contributed by atoms with Gasteiger partial charge in [-0.2, -0.15) is 0 Å². The highest BCUT2D eigenvalue weighted by Crippen LogP contribution is 2.38. The van der Waals surface area contributed by atoms with Gasteiger partial charge >= 0.3 is 0 Å². The van der Waals surface area contributed by atoms with Crippen molar-refractivity contribution < 1.29 is 4.58 Å². The van der Waals surface area contributed by atoms with E-state index in [0.717, 1.165) is 11.4 Å². The first-order chi connectivity index (χ1) is 17.5. The number of allylic oxidation sites excluding steroid dienone is 5. The molecule has 0 spiro atoms. The van der Waals surface area contributed by atoms with Crippen LogP contribution in [0.4, 0.5) is 17.1 Å². The average Bonchev–Trinajstić information content (AvgIpc) is 2.91. The summed E-state index contributed by atoms with van der Waals surface area (Å²) in [6.07, 6.45) is 8.85. The normalized spacial score (nSPS) is 12.7. The zero-order chi connectivity index (χ0) is 25.1. The molecular formula is C33H32N3+. The van der Waals surface area contributed by atoms with Crippen LogP contribution in [-0.2, 0) is 0 Å². The summed E-state index contributed by atoms with van der Waals surface area (Å²) < 4.78 is 2.13. The van der Waals surface area contributed by atoms with E-state index < -0.39 is 0 Å². The number of benzene rings is 4. The number of hydrogen-bond acceptors (Lipinski definition) is 2. The van der Waals surface area contributed by atoms with Crippen molar-refractivity contribution in [2.45, 2.75) is 0 Å². The molecule has 0 saturated carbocycles. The molecular weight excluding hydrogens is 438 g/mol. The highest BCUT2D eigenvalue weighted by atomic mass is 15.1. The summed E-state index contributed by atoms with van der Waals surface area (Å²) in [5.41, 5.74) is 9.41. The van der Waals surface area contributed by atoms with E-state index in [9.17, 15) is 0 Å². The Morgan fingerprint density at radius 3 is 1.94 bits per heavy atom. The van der Waals surface area contributed by atoms with Crippen LogP contribution in [0.3, 0.4) is 0 Å². The quantitative estimate of drug-likeness (QED) is 0.309. The van der Waals surface area contributed by atoms with E-state index in [1.54, 1.807) is 0 Å². The van der Waals surface area contributed by atoms with Crippen LogP contribution in [0, 0.1) is 0 Å². The number of hydrogen-bond donors (Lipinski definition) is 1. The van der Waals surface area contributed by atoms with E-state index >= 15 is 0 Å². The number of fused-ring (bicyclic) bond motifs is 1. The van der Waals surface area contributed by atoms with Crippen LogP contribution in [0.15, 0.2) is 121 Å². The minimum absolute atomic E-state index is 1.08. The largest absolute Gasteiger partial charge is 0.378 e. The molecule has 0 aromatic heterocycles. The Labute approximate surface area is 214 Å². The molecule has 3 nitrogen and oxygen atoms in total. The maximum absolute atomic E-state index is 3.61. The predicted molar refractivity (Wildman–Crippen MR) is 156 cm³/mol. The minimum atomic E-state index is 1.08. The molecule has 0 aliphatic heterocycles. The lowest BCUT2D eigenvalue weighted by atomic mass is 9.87. The van der Waals surface area contributed by atoms with Gasteiger partial charge in [-0.3, -0.25) is 0 Å². The van der Waals surface area contributed by atoms with Gasteiger partial charge < -0.3 is 10.2 Å². The van der Waals surface area contributed by atoms with Crippen molar-refractivity contribution in [2.24, 2.45) is 0 Å². The summed E-state index contributed by atoms with van der Waals surface area (Å²) in [5, 5.41) is 6.04. The predicted octanol–water partition coefficient (Wildman–Crippen LogP) is 7.29. The van der Waals surface area contributed by atoms with Gasteiger partial charge in [0.15, 0.2) is 5.71 Å². The zero-order valence-corrected chi connectivity index (χ0v) is 21.4. The molecule has 1 aliphatic carbocycles. The third-order valence-electron chi connectivity index (χ3n) is 6.59. The summed E-state index contributed by atoms with van der Waals surface area (Å²) in [5.74, 6) is 0. The van der Waals surface area contributed by atoms with Crippen molar-refractivity contribution in [3.63, 3.8) is 0 Å². The van der Waals surface area contributed by atoms with Crippen LogP contribution in [0.2, 0.25) is 0 Å². The number of nitrogens with zero attached hydrogens (tertiary/aromatic N) is 2. The van der Waals surface area contributed by atoms with Crippen LogP contribution < -0.4 is 10.2 Å². The molecule has 1 aliphatic rings. The van der Waals surface area contributed by atoms with E-state index in [1.807, 2.05) is 6.07 Å². The van der Waals surface area contributed by atoms with Crippen LogP contribution in [0.25, 0.3) is 16.3 Å². The second-order valence-corrected chi connectivity index (χ2v) is 9.45. The topological polar surface area (TPSA) is 18.3 Å². The van der Waals surface area contributed by atoms with Crippen molar-refractivity contribution in [1.82, 2.24) is 0 Å². The van der Waals surface area contributed by atoms with Gasteiger partial charge in [0, 0.05) is 48.7 Å². The van der Waals surface area contributed by atoms with Crippen molar-refractivity contribution in [2.75, 3.05) is 38.4 Å². The highest BCUT2D eigenvalue weighted by Gasteiger charge is 2.17. The van der Waals surface area contributed by atoms with Crippen molar-refractivity contribution >= 4 is 39.1 Å². The highest BCUT2D eigenvalue weighted by molar-refractivity contribution is 6.07. The van der Waals surface area contributed by atoms with E-state index in [1.165, 1.54) is 44.4 Å². The van der Waals surface area contributed by atoms with Crippen molar-refractivity contribution in [3.05, 3.63) is 132 Å². The third kappa shape index (κ3) is 4.73. The van der Waals surface area contributed by atoms with Gasteiger partial charge in [-0.05, 0) is 70.1 Å². The monoisotopic (exact) mass is 470 g/mol. The first-order valence-corrected chi connectivity index (χ1v) is 12.3.